The van der Waals surface area contributed by atoms with Crippen LogP contribution >= 0.6 is 0 Å². The van der Waals surface area contributed by atoms with Gasteiger partial charge in [0.1, 0.15) is 0 Å². The highest BCUT2D eigenvalue weighted by Gasteiger charge is 2.26. The standard InChI is InChI=1S/C22H24N6O6S2/c1-14-5-9-19(10-6-14)36(33,34)28(4)22(30)26-21(29)25-17-7-11-18(12-8-17)35(31,32)27-20-23-15(2)13-16(3)24-20/h5-13H,1-4H3,(H,23,24,27)(H2,25,26,29,30). The summed E-state index contributed by atoms with van der Waals surface area (Å²) in [5, 5.41) is 4.25. The molecule has 3 aromatic rings. The molecule has 0 saturated heterocycles. The van der Waals surface area contributed by atoms with Crippen molar-refractivity contribution in [3.05, 3.63) is 71.5 Å². The fourth-order valence-corrected chi connectivity index (χ4v) is 4.99. The first-order chi connectivity index (χ1) is 16.8. The summed E-state index contributed by atoms with van der Waals surface area (Å²) in [4.78, 5) is 32.4. The highest BCUT2D eigenvalue weighted by atomic mass is 32.2. The van der Waals surface area contributed by atoms with Gasteiger partial charge in [0, 0.05) is 24.1 Å². The first-order valence-corrected chi connectivity index (χ1v) is 13.3. The first-order valence-electron chi connectivity index (χ1n) is 10.4. The number of anilines is 2. The van der Waals surface area contributed by atoms with Crippen LogP contribution in [0.3, 0.4) is 0 Å². The Labute approximate surface area is 208 Å². The lowest BCUT2D eigenvalue weighted by molar-refractivity contribution is 0.223. The third kappa shape index (κ3) is 6.34. The number of benzene rings is 2. The number of carbonyl (C=O) groups is 2. The Bertz CT molecular complexity index is 1490. The van der Waals surface area contributed by atoms with Crippen molar-refractivity contribution in [2.75, 3.05) is 17.1 Å². The average Bonchev–Trinajstić information content (AvgIpc) is 2.78. The van der Waals surface area contributed by atoms with Crippen molar-refractivity contribution in [1.82, 2.24) is 19.6 Å². The van der Waals surface area contributed by atoms with Crippen LogP contribution in [0.5, 0.6) is 0 Å². The van der Waals surface area contributed by atoms with Crippen molar-refractivity contribution >= 4 is 43.7 Å². The molecule has 190 valence electrons. The molecule has 2 aromatic carbocycles. The van der Waals surface area contributed by atoms with E-state index in [1.807, 2.05) is 5.32 Å². The van der Waals surface area contributed by atoms with E-state index in [2.05, 4.69) is 20.0 Å². The normalized spacial score (nSPS) is 11.4. The lowest BCUT2D eigenvalue weighted by Crippen LogP contribution is -2.45. The summed E-state index contributed by atoms with van der Waals surface area (Å²) in [5.41, 5.74) is 2.19. The molecule has 0 saturated carbocycles. The van der Waals surface area contributed by atoms with Gasteiger partial charge < -0.3 is 5.32 Å². The molecular weight excluding hydrogens is 508 g/mol. The second-order valence-corrected chi connectivity index (χ2v) is 11.4. The third-order valence-corrected chi connectivity index (χ3v) is 7.92. The topological polar surface area (TPSA) is 168 Å². The van der Waals surface area contributed by atoms with Crippen molar-refractivity contribution in [2.45, 2.75) is 30.6 Å². The molecule has 1 heterocycles. The van der Waals surface area contributed by atoms with Gasteiger partial charge in [0.25, 0.3) is 20.0 Å². The minimum Gasteiger partial charge on any atom is -0.308 e. The fraction of sp³-hybridized carbons (Fsp3) is 0.182. The maximum absolute atomic E-state index is 12.6. The minimum atomic E-state index is -4.17. The zero-order valence-corrected chi connectivity index (χ0v) is 21.4. The molecule has 0 spiro atoms. The zero-order chi connectivity index (χ0) is 26.7. The molecule has 0 aliphatic heterocycles. The molecule has 0 aliphatic carbocycles. The molecule has 4 amide bonds. The SMILES string of the molecule is Cc1ccc(S(=O)(=O)N(C)C(=O)NC(=O)Nc2ccc(S(=O)(=O)Nc3nc(C)cc(C)n3)cc2)cc1. The van der Waals surface area contributed by atoms with Crippen molar-refractivity contribution in [1.29, 1.82) is 0 Å². The number of carbonyl (C=O) groups excluding carboxylic acids is 2. The Morgan fingerprint density at radius 3 is 1.89 bits per heavy atom. The number of nitrogens with zero attached hydrogens (tertiary/aromatic N) is 3. The zero-order valence-electron chi connectivity index (χ0n) is 19.8. The number of urea groups is 2. The molecule has 1 aromatic heterocycles. The van der Waals surface area contributed by atoms with Crippen LogP contribution < -0.4 is 15.4 Å². The highest BCUT2D eigenvalue weighted by molar-refractivity contribution is 7.92. The molecule has 0 radical (unpaired) electrons. The van der Waals surface area contributed by atoms with Gasteiger partial charge in [-0.25, -0.2) is 45.4 Å². The number of sulfonamides is 2. The number of amides is 4. The Morgan fingerprint density at radius 1 is 0.806 bits per heavy atom. The van der Waals surface area contributed by atoms with Crippen molar-refractivity contribution in [2.24, 2.45) is 0 Å². The number of rotatable bonds is 6. The van der Waals surface area contributed by atoms with Crippen LogP contribution in [0.25, 0.3) is 0 Å². The van der Waals surface area contributed by atoms with E-state index in [0.717, 1.165) is 12.6 Å². The number of aryl methyl sites for hydroxylation is 3. The summed E-state index contributed by atoms with van der Waals surface area (Å²) in [7, 11) is -7.15. The second kappa shape index (κ2) is 10.3. The first kappa shape index (κ1) is 26.6. The average molecular weight is 533 g/mol. The molecule has 0 atom stereocenters. The molecule has 14 heteroatoms. The summed E-state index contributed by atoms with van der Waals surface area (Å²) in [5.74, 6) is -0.0719. The Balaban J connectivity index is 1.64. The van der Waals surface area contributed by atoms with Gasteiger partial charge >= 0.3 is 12.1 Å². The van der Waals surface area contributed by atoms with E-state index in [4.69, 9.17) is 0 Å². The monoisotopic (exact) mass is 532 g/mol. The van der Waals surface area contributed by atoms with Crippen LogP contribution in [0.2, 0.25) is 0 Å². The molecule has 12 nitrogen and oxygen atoms in total. The quantitative estimate of drug-likeness (QED) is 0.435. The van der Waals surface area contributed by atoms with Gasteiger partial charge in [0.05, 0.1) is 9.79 Å². The molecule has 0 fully saturated rings. The van der Waals surface area contributed by atoms with Crippen molar-refractivity contribution < 1.29 is 26.4 Å². The molecular formula is C22H24N6O6S2. The van der Waals surface area contributed by atoms with Gasteiger partial charge in [0.2, 0.25) is 5.95 Å². The van der Waals surface area contributed by atoms with E-state index < -0.39 is 32.1 Å². The molecule has 0 bridgehead atoms. The van der Waals surface area contributed by atoms with E-state index in [1.54, 1.807) is 39.0 Å². The molecule has 0 aliphatic rings. The minimum absolute atomic E-state index is 0.0719. The maximum atomic E-state index is 12.6. The van der Waals surface area contributed by atoms with Gasteiger partial charge in [-0.15, -0.1) is 0 Å². The van der Waals surface area contributed by atoms with Crippen LogP contribution in [-0.2, 0) is 20.0 Å². The number of nitrogens with one attached hydrogen (secondary N) is 3. The number of hydrogen-bond donors (Lipinski definition) is 3. The van der Waals surface area contributed by atoms with Crippen LogP contribution in [0.4, 0.5) is 21.2 Å². The lowest BCUT2D eigenvalue weighted by atomic mass is 10.2. The summed E-state index contributed by atoms with van der Waals surface area (Å²) in [6.45, 7) is 5.20. The summed E-state index contributed by atoms with van der Waals surface area (Å²) in [6, 6.07) is 10.4. The Hall–Kier alpha value is -4.04. The fourth-order valence-electron chi connectivity index (χ4n) is 2.98. The van der Waals surface area contributed by atoms with Crippen LogP contribution in [-0.4, -0.2) is 50.2 Å². The largest absolute Gasteiger partial charge is 0.339 e. The van der Waals surface area contributed by atoms with Gasteiger partial charge in [-0.1, -0.05) is 17.7 Å². The number of hydrogen-bond acceptors (Lipinski definition) is 8. The summed E-state index contributed by atoms with van der Waals surface area (Å²) < 4.78 is 53.1. The molecule has 3 N–H and O–H groups in total. The van der Waals surface area contributed by atoms with Gasteiger partial charge in [-0.3, -0.25) is 5.32 Å². The van der Waals surface area contributed by atoms with E-state index in [9.17, 15) is 26.4 Å². The van der Waals surface area contributed by atoms with Gasteiger partial charge in [-0.05, 0) is 63.2 Å². The Morgan fingerprint density at radius 2 is 1.33 bits per heavy atom. The molecule has 0 unspecified atom stereocenters. The number of aromatic nitrogens is 2. The second-order valence-electron chi connectivity index (χ2n) is 7.77. The third-order valence-electron chi connectivity index (χ3n) is 4.82. The molecule has 36 heavy (non-hydrogen) atoms. The van der Waals surface area contributed by atoms with E-state index in [-0.39, 0.29) is 21.4 Å². The Kier molecular flexibility index (Phi) is 7.59. The van der Waals surface area contributed by atoms with E-state index >= 15 is 0 Å². The van der Waals surface area contributed by atoms with Crippen molar-refractivity contribution in [3.8, 4) is 0 Å². The summed E-state index contributed by atoms with van der Waals surface area (Å²) >= 11 is 0. The maximum Gasteiger partial charge on any atom is 0.339 e. The van der Waals surface area contributed by atoms with Gasteiger partial charge in [-0.2, -0.15) is 0 Å². The van der Waals surface area contributed by atoms with Crippen LogP contribution in [0.15, 0.2) is 64.4 Å². The lowest BCUT2D eigenvalue weighted by Gasteiger charge is -2.18. The van der Waals surface area contributed by atoms with Gasteiger partial charge in [0.15, 0.2) is 0 Å². The van der Waals surface area contributed by atoms with E-state index in [0.29, 0.717) is 15.7 Å². The highest BCUT2D eigenvalue weighted by Crippen LogP contribution is 2.18. The van der Waals surface area contributed by atoms with Crippen molar-refractivity contribution in [3.63, 3.8) is 0 Å². The van der Waals surface area contributed by atoms with Crippen LogP contribution in [0.1, 0.15) is 17.0 Å². The predicted octanol–water partition coefficient (Wildman–Crippen LogP) is 2.76. The predicted molar refractivity (Wildman–Crippen MR) is 132 cm³/mol. The number of imide groups is 1. The molecule has 3 rings (SSSR count). The summed E-state index contributed by atoms with van der Waals surface area (Å²) in [6.07, 6.45) is 0. The van der Waals surface area contributed by atoms with E-state index in [1.165, 1.54) is 36.4 Å². The smallest absolute Gasteiger partial charge is 0.308 e. The van der Waals surface area contributed by atoms with Crippen LogP contribution in [0, 0.1) is 20.8 Å².